The second-order valence-electron chi connectivity index (χ2n) is 5.88. The Morgan fingerprint density at radius 1 is 1.41 bits per heavy atom. The first-order valence-corrected chi connectivity index (χ1v) is 8.37. The van der Waals surface area contributed by atoms with Gasteiger partial charge in [0.25, 0.3) is 0 Å². The molecule has 1 amide bonds. The number of benzene rings is 1. The third-order valence-electron chi connectivity index (χ3n) is 4.08. The molecule has 0 aliphatic heterocycles. The summed E-state index contributed by atoms with van der Waals surface area (Å²) in [5, 5.41) is 13.1. The number of carbonyl (C=O) groups is 1. The summed E-state index contributed by atoms with van der Waals surface area (Å²) in [7, 11) is 0. The first-order chi connectivity index (χ1) is 10.7. The molecule has 22 heavy (non-hydrogen) atoms. The molecule has 112 valence electrons. The lowest BCUT2D eigenvalue weighted by Crippen LogP contribution is -2.14. The molecule has 0 spiro atoms. The van der Waals surface area contributed by atoms with Crippen molar-refractivity contribution in [2.75, 3.05) is 5.32 Å². The highest BCUT2D eigenvalue weighted by molar-refractivity contribution is 7.16. The van der Waals surface area contributed by atoms with Crippen LogP contribution in [-0.4, -0.2) is 5.91 Å². The van der Waals surface area contributed by atoms with Crippen molar-refractivity contribution in [3.63, 3.8) is 0 Å². The van der Waals surface area contributed by atoms with Gasteiger partial charge in [0.1, 0.15) is 11.1 Å². The zero-order valence-electron chi connectivity index (χ0n) is 12.6. The molecule has 1 heterocycles. The van der Waals surface area contributed by atoms with Gasteiger partial charge in [-0.2, -0.15) is 5.26 Å². The molecule has 1 aliphatic rings. The average molecular weight is 310 g/mol. The molecule has 0 bridgehead atoms. The molecule has 1 atom stereocenters. The van der Waals surface area contributed by atoms with Crippen LogP contribution in [-0.2, 0) is 24.1 Å². The fraction of sp³-hybridized carbons (Fsp3) is 0.333. The van der Waals surface area contributed by atoms with E-state index in [1.807, 2.05) is 30.3 Å². The summed E-state index contributed by atoms with van der Waals surface area (Å²) in [5.74, 6) is 0.597. The Bertz CT molecular complexity index is 728. The van der Waals surface area contributed by atoms with Crippen molar-refractivity contribution in [1.82, 2.24) is 0 Å². The minimum Gasteiger partial charge on any atom is -0.316 e. The number of nitriles is 1. The summed E-state index contributed by atoms with van der Waals surface area (Å²) in [6, 6.07) is 11.9. The molecular weight excluding hydrogens is 292 g/mol. The Morgan fingerprint density at radius 3 is 2.91 bits per heavy atom. The quantitative estimate of drug-likeness (QED) is 0.934. The van der Waals surface area contributed by atoms with Gasteiger partial charge in [0.2, 0.25) is 5.91 Å². The van der Waals surface area contributed by atoms with Crippen molar-refractivity contribution in [3.05, 3.63) is 51.9 Å². The van der Waals surface area contributed by atoms with E-state index >= 15 is 0 Å². The number of hydrogen-bond acceptors (Lipinski definition) is 3. The molecule has 0 saturated carbocycles. The number of thiophene rings is 1. The fourth-order valence-corrected chi connectivity index (χ4v) is 4.29. The summed E-state index contributed by atoms with van der Waals surface area (Å²) in [6.45, 7) is 2.24. The number of nitrogens with one attached hydrogen (secondary N) is 1. The summed E-state index contributed by atoms with van der Waals surface area (Å²) >= 11 is 1.57. The van der Waals surface area contributed by atoms with Crippen LogP contribution in [0.3, 0.4) is 0 Å². The summed E-state index contributed by atoms with van der Waals surface area (Å²) in [4.78, 5) is 13.5. The van der Waals surface area contributed by atoms with Gasteiger partial charge in [-0.3, -0.25) is 4.79 Å². The van der Waals surface area contributed by atoms with Crippen molar-refractivity contribution in [3.8, 4) is 6.07 Å². The van der Waals surface area contributed by atoms with Gasteiger partial charge in [0.15, 0.2) is 0 Å². The van der Waals surface area contributed by atoms with E-state index in [1.165, 1.54) is 4.88 Å². The molecule has 2 aromatic rings. The van der Waals surface area contributed by atoms with Crippen LogP contribution in [0.15, 0.2) is 30.3 Å². The molecule has 1 aromatic heterocycles. The Morgan fingerprint density at radius 2 is 2.18 bits per heavy atom. The minimum absolute atomic E-state index is 0.0608. The highest BCUT2D eigenvalue weighted by Crippen LogP contribution is 2.39. The zero-order valence-corrected chi connectivity index (χ0v) is 13.4. The predicted molar refractivity (Wildman–Crippen MR) is 89.0 cm³/mol. The van der Waals surface area contributed by atoms with Crippen molar-refractivity contribution in [2.45, 2.75) is 32.6 Å². The number of hydrogen-bond donors (Lipinski definition) is 1. The third-order valence-corrected chi connectivity index (χ3v) is 5.25. The molecule has 0 fully saturated rings. The smallest absolute Gasteiger partial charge is 0.229 e. The predicted octanol–water partition coefficient (Wildman–Crippen LogP) is 3.93. The van der Waals surface area contributed by atoms with Crippen LogP contribution < -0.4 is 5.32 Å². The number of amides is 1. The van der Waals surface area contributed by atoms with Crippen molar-refractivity contribution in [2.24, 2.45) is 5.92 Å². The van der Waals surface area contributed by atoms with Crippen LogP contribution in [0.2, 0.25) is 0 Å². The molecule has 0 saturated heterocycles. The lowest BCUT2D eigenvalue weighted by Gasteiger charge is -2.17. The van der Waals surface area contributed by atoms with Gasteiger partial charge in [0, 0.05) is 4.88 Å². The molecule has 3 nitrogen and oxygen atoms in total. The highest BCUT2D eigenvalue weighted by Gasteiger charge is 2.24. The summed E-state index contributed by atoms with van der Waals surface area (Å²) < 4.78 is 0. The zero-order chi connectivity index (χ0) is 15.5. The molecular formula is C18H18N2OS. The van der Waals surface area contributed by atoms with Crippen LogP contribution >= 0.6 is 11.3 Å². The monoisotopic (exact) mass is 310 g/mol. The molecule has 3 rings (SSSR count). The third kappa shape index (κ3) is 3.05. The highest BCUT2D eigenvalue weighted by atomic mass is 32.1. The van der Waals surface area contributed by atoms with Crippen molar-refractivity contribution in [1.29, 1.82) is 5.26 Å². The molecule has 4 heteroatoms. The Kier molecular flexibility index (Phi) is 4.26. The largest absolute Gasteiger partial charge is 0.316 e. The van der Waals surface area contributed by atoms with Crippen molar-refractivity contribution >= 4 is 22.2 Å². The van der Waals surface area contributed by atoms with Crippen molar-refractivity contribution < 1.29 is 4.79 Å². The van der Waals surface area contributed by atoms with Crippen LogP contribution in [0.25, 0.3) is 0 Å². The van der Waals surface area contributed by atoms with Crippen LogP contribution in [0.1, 0.15) is 34.9 Å². The standard InChI is InChI=1S/C18H18N2OS/c1-12-7-8-14-15(11-19)18(22-16(14)9-12)20-17(21)10-13-5-3-2-4-6-13/h2-6,12H,7-10H2,1H3,(H,20,21). The first kappa shape index (κ1) is 14.8. The number of rotatable bonds is 3. The number of nitrogens with zero attached hydrogens (tertiary/aromatic N) is 1. The molecule has 0 radical (unpaired) electrons. The van der Waals surface area contributed by atoms with Gasteiger partial charge < -0.3 is 5.32 Å². The van der Waals surface area contributed by atoms with Gasteiger partial charge in [-0.15, -0.1) is 11.3 Å². The maximum atomic E-state index is 12.2. The van der Waals surface area contributed by atoms with E-state index in [1.54, 1.807) is 11.3 Å². The van der Waals surface area contributed by atoms with E-state index in [4.69, 9.17) is 0 Å². The fourth-order valence-electron chi connectivity index (χ4n) is 2.91. The lowest BCUT2D eigenvalue weighted by molar-refractivity contribution is -0.115. The van der Waals surface area contributed by atoms with E-state index in [9.17, 15) is 10.1 Å². The first-order valence-electron chi connectivity index (χ1n) is 7.55. The van der Waals surface area contributed by atoms with Gasteiger partial charge in [0.05, 0.1) is 12.0 Å². The SMILES string of the molecule is CC1CCc2c(sc(NC(=O)Cc3ccccc3)c2C#N)C1. The Balaban J connectivity index is 1.78. The molecule has 1 aliphatic carbocycles. The Hall–Kier alpha value is -2.12. The van der Waals surface area contributed by atoms with Crippen LogP contribution in [0.4, 0.5) is 5.00 Å². The number of fused-ring (bicyclic) bond motifs is 1. The number of carbonyl (C=O) groups excluding carboxylic acids is 1. The normalized spacial score (nSPS) is 16.6. The van der Waals surface area contributed by atoms with Gasteiger partial charge in [-0.25, -0.2) is 0 Å². The van der Waals surface area contributed by atoms with E-state index in [2.05, 4.69) is 18.3 Å². The molecule has 1 N–H and O–H groups in total. The number of anilines is 1. The van der Waals surface area contributed by atoms with E-state index < -0.39 is 0 Å². The average Bonchev–Trinajstić information content (AvgIpc) is 2.84. The Labute approximate surface area is 134 Å². The van der Waals surface area contributed by atoms with Crippen LogP contribution in [0, 0.1) is 17.2 Å². The second-order valence-corrected chi connectivity index (χ2v) is 6.98. The maximum Gasteiger partial charge on any atom is 0.229 e. The van der Waals surface area contributed by atoms with E-state index in [0.29, 0.717) is 17.9 Å². The topological polar surface area (TPSA) is 52.9 Å². The second kappa shape index (κ2) is 6.33. The lowest BCUT2D eigenvalue weighted by atomic mass is 9.88. The maximum absolute atomic E-state index is 12.2. The van der Waals surface area contributed by atoms with Crippen LogP contribution in [0.5, 0.6) is 0 Å². The van der Waals surface area contributed by atoms with Gasteiger partial charge in [-0.1, -0.05) is 37.3 Å². The minimum atomic E-state index is -0.0608. The van der Waals surface area contributed by atoms with E-state index in [0.717, 1.165) is 35.4 Å². The summed E-state index contributed by atoms with van der Waals surface area (Å²) in [6.07, 6.45) is 3.42. The molecule has 1 aromatic carbocycles. The van der Waals surface area contributed by atoms with Gasteiger partial charge >= 0.3 is 0 Å². The summed E-state index contributed by atoms with van der Waals surface area (Å²) in [5.41, 5.74) is 2.81. The van der Waals surface area contributed by atoms with Gasteiger partial charge in [-0.05, 0) is 36.3 Å². The van der Waals surface area contributed by atoms with E-state index in [-0.39, 0.29) is 5.91 Å². The molecule has 1 unspecified atom stereocenters.